The summed E-state index contributed by atoms with van der Waals surface area (Å²) in [6.07, 6.45) is -2.57. The van der Waals surface area contributed by atoms with Crippen molar-refractivity contribution in [3.8, 4) is 11.4 Å². The third-order valence-electron chi connectivity index (χ3n) is 3.98. The number of ether oxygens (including phenoxy) is 1. The lowest BCUT2D eigenvalue weighted by Crippen LogP contribution is -2.26. The highest BCUT2D eigenvalue weighted by atomic mass is 19.4. The maximum Gasteiger partial charge on any atom is 0.573 e. The number of alkyl halides is 3. The summed E-state index contributed by atoms with van der Waals surface area (Å²) in [4.78, 5) is 0. The second-order valence-corrected chi connectivity index (χ2v) is 5.69. The highest BCUT2D eigenvalue weighted by Gasteiger charge is 2.31. The predicted molar refractivity (Wildman–Crippen MR) is 79.8 cm³/mol. The van der Waals surface area contributed by atoms with E-state index in [4.69, 9.17) is 0 Å². The monoisotopic (exact) mass is 325 g/mol. The van der Waals surface area contributed by atoms with Crippen LogP contribution in [0, 0.1) is 6.92 Å². The summed E-state index contributed by atoms with van der Waals surface area (Å²) in [7, 11) is 0. The molecule has 0 unspecified atom stereocenters. The second kappa shape index (κ2) is 6.23. The minimum absolute atomic E-state index is 0.232. The Kier molecular flexibility index (Phi) is 4.30. The quantitative estimate of drug-likeness (QED) is 0.938. The standard InChI is InChI=1S/C16H18F3N3O/c1-11-10-15(12-6-8-20-9-7-12)21-22(11)13-2-4-14(5-3-13)23-16(17,18)19/h2-5,10,12,20H,6-9H2,1H3. The van der Waals surface area contributed by atoms with E-state index in [0.717, 1.165) is 43.0 Å². The SMILES string of the molecule is Cc1cc(C2CCNCC2)nn1-c1ccc(OC(F)(F)F)cc1. The third kappa shape index (κ3) is 3.85. The average molecular weight is 325 g/mol. The molecule has 3 rings (SSSR count). The fraction of sp³-hybridized carbons (Fsp3) is 0.438. The molecule has 4 nitrogen and oxygen atoms in total. The molecule has 0 bridgehead atoms. The van der Waals surface area contributed by atoms with Crippen LogP contribution in [0.1, 0.15) is 30.1 Å². The lowest BCUT2D eigenvalue weighted by atomic mass is 9.95. The van der Waals surface area contributed by atoms with Crippen molar-refractivity contribution in [1.82, 2.24) is 15.1 Å². The minimum Gasteiger partial charge on any atom is -0.406 e. The number of benzene rings is 1. The van der Waals surface area contributed by atoms with E-state index in [-0.39, 0.29) is 5.75 Å². The van der Waals surface area contributed by atoms with Crippen molar-refractivity contribution in [2.45, 2.75) is 32.0 Å². The summed E-state index contributed by atoms with van der Waals surface area (Å²) >= 11 is 0. The molecular formula is C16H18F3N3O. The lowest BCUT2D eigenvalue weighted by molar-refractivity contribution is -0.274. The molecule has 0 spiro atoms. The van der Waals surface area contributed by atoms with Crippen LogP contribution in [0.2, 0.25) is 0 Å². The minimum atomic E-state index is -4.68. The number of aromatic nitrogens is 2. The molecule has 2 heterocycles. The van der Waals surface area contributed by atoms with Crippen LogP contribution in [0.15, 0.2) is 30.3 Å². The van der Waals surface area contributed by atoms with Gasteiger partial charge in [0.05, 0.1) is 11.4 Å². The number of piperidine rings is 1. The smallest absolute Gasteiger partial charge is 0.406 e. The fourth-order valence-corrected chi connectivity index (χ4v) is 2.87. The van der Waals surface area contributed by atoms with Crippen molar-refractivity contribution >= 4 is 0 Å². The Labute approximate surface area is 132 Å². The zero-order chi connectivity index (χ0) is 16.4. The normalized spacial score (nSPS) is 16.5. The Balaban J connectivity index is 1.80. The second-order valence-electron chi connectivity index (χ2n) is 5.69. The van der Waals surface area contributed by atoms with Crippen LogP contribution in [0.3, 0.4) is 0 Å². The molecule has 1 aromatic heterocycles. The Bertz CT molecular complexity index is 658. The van der Waals surface area contributed by atoms with Crippen LogP contribution >= 0.6 is 0 Å². The maximum absolute atomic E-state index is 12.2. The van der Waals surface area contributed by atoms with E-state index >= 15 is 0 Å². The summed E-state index contributed by atoms with van der Waals surface area (Å²) in [6, 6.07) is 7.80. The number of nitrogens with zero attached hydrogens (tertiary/aromatic N) is 2. The summed E-state index contributed by atoms with van der Waals surface area (Å²) in [6.45, 7) is 3.91. The van der Waals surface area contributed by atoms with Crippen molar-refractivity contribution in [2.24, 2.45) is 0 Å². The highest BCUT2D eigenvalue weighted by molar-refractivity contribution is 5.38. The van der Waals surface area contributed by atoms with Gasteiger partial charge in [-0.2, -0.15) is 5.10 Å². The zero-order valence-electron chi connectivity index (χ0n) is 12.7. The summed E-state index contributed by atoms with van der Waals surface area (Å²) in [5, 5.41) is 7.96. The molecule has 1 aliphatic heterocycles. The number of rotatable bonds is 3. The summed E-state index contributed by atoms with van der Waals surface area (Å²) in [5.74, 6) is 0.202. The molecule has 1 aromatic carbocycles. The van der Waals surface area contributed by atoms with Crippen molar-refractivity contribution in [3.05, 3.63) is 41.7 Å². The largest absolute Gasteiger partial charge is 0.573 e. The van der Waals surface area contributed by atoms with Crippen molar-refractivity contribution in [3.63, 3.8) is 0 Å². The Hall–Kier alpha value is -2.02. The lowest BCUT2D eigenvalue weighted by Gasteiger charge is -2.20. The van der Waals surface area contributed by atoms with Crippen LogP contribution in [0.5, 0.6) is 5.75 Å². The molecule has 1 aliphatic rings. The van der Waals surface area contributed by atoms with Crippen LogP contribution in [0.25, 0.3) is 5.69 Å². The molecule has 0 radical (unpaired) electrons. The van der Waals surface area contributed by atoms with Crippen molar-refractivity contribution < 1.29 is 17.9 Å². The van der Waals surface area contributed by atoms with E-state index in [0.29, 0.717) is 5.92 Å². The third-order valence-corrected chi connectivity index (χ3v) is 3.98. The summed E-state index contributed by atoms with van der Waals surface area (Å²) in [5.41, 5.74) is 2.72. The molecule has 23 heavy (non-hydrogen) atoms. The molecule has 2 aromatic rings. The number of halogens is 3. The molecule has 7 heteroatoms. The van der Waals surface area contributed by atoms with Gasteiger partial charge in [-0.1, -0.05) is 0 Å². The molecule has 1 N–H and O–H groups in total. The van der Waals surface area contributed by atoms with Crippen LogP contribution < -0.4 is 10.1 Å². The van der Waals surface area contributed by atoms with Gasteiger partial charge in [0.1, 0.15) is 5.75 Å². The zero-order valence-corrected chi connectivity index (χ0v) is 12.7. The van der Waals surface area contributed by atoms with E-state index in [2.05, 4.69) is 21.2 Å². The van der Waals surface area contributed by atoms with Gasteiger partial charge in [-0.15, -0.1) is 13.2 Å². The number of aryl methyl sites for hydroxylation is 1. The predicted octanol–water partition coefficient (Wildman–Crippen LogP) is 3.55. The first kappa shape index (κ1) is 15.9. The average Bonchev–Trinajstić information content (AvgIpc) is 2.89. The maximum atomic E-state index is 12.2. The Morgan fingerprint density at radius 3 is 2.43 bits per heavy atom. The van der Waals surface area contributed by atoms with Crippen molar-refractivity contribution in [1.29, 1.82) is 0 Å². The molecule has 0 aliphatic carbocycles. The molecule has 124 valence electrons. The van der Waals surface area contributed by atoms with Gasteiger partial charge in [0, 0.05) is 11.6 Å². The molecule has 1 saturated heterocycles. The van der Waals surface area contributed by atoms with Gasteiger partial charge in [-0.05, 0) is 63.2 Å². The molecule has 1 fully saturated rings. The Morgan fingerprint density at radius 2 is 1.83 bits per heavy atom. The fourth-order valence-electron chi connectivity index (χ4n) is 2.87. The van der Waals surface area contributed by atoms with Gasteiger partial charge in [0.15, 0.2) is 0 Å². The van der Waals surface area contributed by atoms with Crippen molar-refractivity contribution in [2.75, 3.05) is 13.1 Å². The summed E-state index contributed by atoms with van der Waals surface area (Å²) < 4.78 is 42.2. The number of hydrogen-bond donors (Lipinski definition) is 1. The van der Waals surface area contributed by atoms with Crippen LogP contribution in [-0.4, -0.2) is 29.2 Å². The first-order chi connectivity index (χ1) is 10.9. The van der Waals surface area contributed by atoms with E-state index in [9.17, 15) is 13.2 Å². The van der Waals surface area contributed by atoms with Gasteiger partial charge in [0.2, 0.25) is 0 Å². The van der Waals surface area contributed by atoms with Crippen LogP contribution in [0.4, 0.5) is 13.2 Å². The van der Waals surface area contributed by atoms with E-state index in [1.165, 1.54) is 12.1 Å². The van der Waals surface area contributed by atoms with E-state index < -0.39 is 6.36 Å². The van der Waals surface area contributed by atoms with Gasteiger partial charge in [0.25, 0.3) is 0 Å². The van der Waals surface area contributed by atoms with Gasteiger partial charge >= 0.3 is 6.36 Å². The molecule has 0 atom stereocenters. The van der Waals surface area contributed by atoms with E-state index in [1.807, 2.05) is 6.92 Å². The topological polar surface area (TPSA) is 39.1 Å². The first-order valence-corrected chi connectivity index (χ1v) is 7.56. The van der Waals surface area contributed by atoms with E-state index in [1.54, 1.807) is 16.8 Å². The highest BCUT2D eigenvalue weighted by Crippen LogP contribution is 2.27. The Morgan fingerprint density at radius 1 is 1.17 bits per heavy atom. The molecular weight excluding hydrogens is 307 g/mol. The number of hydrogen-bond acceptors (Lipinski definition) is 3. The molecule has 0 saturated carbocycles. The number of nitrogens with one attached hydrogen (secondary N) is 1. The van der Waals surface area contributed by atoms with Gasteiger partial charge in [-0.3, -0.25) is 0 Å². The van der Waals surface area contributed by atoms with Crippen LogP contribution in [-0.2, 0) is 0 Å². The van der Waals surface area contributed by atoms with Gasteiger partial charge in [-0.25, -0.2) is 4.68 Å². The van der Waals surface area contributed by atoms with Gasteiger partial charge < -0.3 is 10.1 Å². The molecule has 0 amide bonds. The first-order valence-electron chi connectivity index (χ1n) is 7.56.